The van der Waals surface area contributed by atoms with E-state index in [-0.39, 0.29) is 23.0 Å². The summed E-state index contributed by atoms with van der Waals surface area (Å²) < 4.78 is 26.9. The Hall–Kier alpha value is -2.43. The van der Waals surface area contributed by atoms with Gasteiger partial charge in [-0.2, -0.15) is 0 Å². The molecular weight excluding hydrogens is 274 g/mol. The molecule has 5 heteroatoms. The summed E-state index contributed by atoms with van der Waals surface area (Å²) in [7, 11) is 1.57. The maximum Gasteiger partial charge on any atom is 0.254 e. The molecule has 3 nitrogen and oxygen atoms in total. The van der Waals surface area contributed by atoms with Gasteiger partial charge in [-0.25, -0.2) is 8.78 Å². The van der Waals surface area contributed by atoms with Gasteiger partial charge < -0.3 is 10.6 Å². The van der Waals surface area contributed by atoms with Gasteiger partial charge in [-0.15, -0.1) is 0 Å². The maximum absolute atomic E-state index is 13.8. The highest BCUT2D eigenvalue weighted by molar-refractivity contribution is 5.95. The topological polar surface area (TPSA) is 46.3 Å². The first kappa shape index (κ1) is 15.0. The van der Waals surface area contributed by atoms with Gasteiger partial charge in [0, 0.05) is 18.2 Å². The van der Waals surface area contributed by atoms with E-state index in [0.29, 0.717) is 5.56 Å². The smallest absolute Gasteiger partial charge is 0.254 e. The van der Waals surface area contributed by atoms with Crippen LogP contribution in [0, 0.1) is 11.6 Å². The largest absolute Gasteiger partial charge is 0.396 e. The van der Waals surface area contributed by atoms with Crippen molar-refractivity contribution in [3.05, 3.63) is 65.2 Å². The van der Waals surface area contributed by atoms with Crippen LogP contribution in [-0.4, -0.2) is 17.9 Å². The van der Waals surface area contributed by atoms with E-state index >= 15 is 0 Å². The SMILES string of the molecule is CC(c1ccccc1F)N(C)C(=O)c1ccc(F)c(N)c1. The number of nitrogen functional groups attached to an aromatic ring is 1. The zero-order valence-electron chi connectivity index (χ0n) is 11.8. The molecule has 0 fully saturated rings. The standard InChI is InChI=1S/C16H16F2N2O/c1-10(12-5-3-4-6-13(12)17)20(2)16(21)11-7-8-14(18)15(19)9-11/h3-10H,19H2,1-2H3. The van der Waals surface area contributed by atoms with E-state index in [1.54, 1.807) is 32.2 Å². The van der Waals surface area contributed by atoms with E-state index in [0.717, 1.165) is 6.07 Å². The highest BCUT2D eigenvalue weighted by Gasteiger charge is 2.21. The number of hydrogen-bond acceptors (Lipinski definition) is 2. The summed E-state index contributed by atoms with van der Waals surface area (Å²) in [5, 5.41) is 0. The van der Waals surface area contributed by atoms with Gasteiger partial charge >= 0.3 is 0 Å². The molecule has 2 rings (SSSR count). The molecule has 1 amide bonds. The van der Waals surface area contributed by atoms with E-state index in [1.165, 1.54) is 23.1 Å². The molecular formula is C16H16F2N2O. The van der Waals surface area contributed by atoms with Crippen molar-refractivity contribution in [2.45, 2.75) is 13.0 Å². The Morgan fingerprint density at radius 1 is 1.14 bits per heavy atom. The lowest BCUT2D eigenvalue weighted by atomic mass is 10.1. The lowest BCUT2D eigenvalue weighted by molar-refractivity contribution is 0.0740. The number of hydrogen-bond donors (Lipinski definition) is 1. The molecule has 2 aromatic carbocycles. The Balaban J connectivity index is 2.26. The average molecular weight is 290 g/mol. The van der Waals surface area contributed by atoms with Crippen molar-refractivity contribution < 1.29 is 13.6 Å². The molecule has 0 heterocycles. The first-order valence-electron chi connectivity index (χ1n) is 6.48. The van der Waals surface area contributed by atoms with Crippen LogP contribution in [0.15, 0.2) is 42.5 Å². The molecule has 0 saturated heterocycles. The number of amides is 1. The quantitative estimate of drug-likeness (QED) is 0.881. The number of halogens is 2. The Kier molecular flexibility index (Phi) is 4.21. The molecule has 0 bridgehead atoms. The van der Waals surface area contributed by atoms with Crippen molar-refractivity contribution in [2.24, 2.45) is 0 Å². The zero-order valence-corrected chi connectivity index (χ0v) is 11.8. The predicted molar refractivity (Wildman–Crippen MR) is 77.7 cm³/mol. The second-order valence-corrected chi connectivity index (χ2v) is 4.85. The van der Waals surface area contributed by atoms with Gasteiger partial charge in [0.1, 0.15) is 11.6 Å². The second-order valence-electron chi connectivity index (χ2n) is 4.85. The summed E-state index contributed by atoms with van der Waals surface area (Å²) in [6.45, 7) is 1.73. The Morgan fingerprint density at radius 3 is 2.43 bits per heavy atom. The number of anilines is 1. The number of nitrogens with two attached hydrogens (primary N) is 1. The molecule has 21 heavy (non-hydrogen) atoms. The van der Waals surface area contributed by atoms with E-state index < -0.39 is 11.9 Å². The fourth-order valence-electron chi connectivity index (χ4n) is 2.08. The fraction of sp³-hybridized carbons (Fsp3) is 0.188. The van der Waals surface area contributed by atoms with Gasteiger partial charge in [-0.05, 0) is 31.2 Å². The third-order valence-electron chi connectivity index (χ3n) is 3.50. The van der Waals surface area contributed by atoms with Crippen LogP contribution in [0.2, 0.25) is 0 Å². The molecule has 0 aliphatic carbocycles. The van der Waals surface area contributed by atoms with Crippen LogP contribution in [-0.2, 0) is 0 Å². The van der Waals surface area contributed by atoms with Crippen LogP contribution < -0.4 is 5.73 Å². The number of rotatable bonds is 3. The minimum atomic E-state index is -0.573. The molecule has 0 aliphatic heterocycles. The summed E-state index contributed by atoms with van der Waals surface area (Å²) in [6, 6.07) is 9.61. The Bertz CT molecular complexity index is 673. The number of nitrogens with zero attached hydrogens (tertiary/aromatic N) is 1. The second kappa shape index (κ2) is 5.91. The maximum atomic E-state index is 13.8. The minimum absolute atomic E-state index is 0.0900. The molecule has 0 radical (unpaired) electrons. The molecule has 0 aromatic heterocycles. The Labute approximate surface area is 122 Å². The summed E-state index contributed by atoms with van der Waals surface area (Å²) in [5.74, 6) is -1.29. The monoisotopic (exact) mass is 290 g/mol. The first-order valence-corrected chi connectivity index (χ1v) is 6.48. The van der Waals surface area contributed by atoms with Gasteiger partial charge in [0.2, 0.25) is 0 Å². The van der Waals surface area contributed by atoms with Crippen LogP contribution in [0.4, 0.5) is 14.5 Å². The summed E-state index contributed by atoms with van der Waals surface area (Å²) in [5.41, 5.74) is 6.06. The number of carbonyl (C=O) groups excluding carboxylic acids is 1. The van der Waals surface area contributed by atoms with Gasteiger partial charge in [-0.3, -0.25) is 4.79 Å². The molecule has 1 unspecified atom stereocenters. The minimum Gasteiger partial charge on any atom is -0.396 e. The normalized spacial score (nSPS) is 12.0. The molecule has 2 N–H and O–H groups in total. The highest BCUT2D eigenvalue weighted by atomic mass is 19.1. The van der Waals surface area contributed by atoms with Crippen molar-refractivity contribution in [1.29, 1.82) is 0 Å². The summed E-state index contributed by atoms with van der Waals surface area (Å²) in [6.07, 6.45) is 0. The van der Waals surface area contributed by atoms with Gasteiger partial charge in [0.05, 0.1) is 11.7 Å². The molecule has 2 aromatic rings. The van der Waals surface area contributed by atoms with Gasteiger partial charge in [-0.1, -0.05) is 18.2 Å². The van der Waals surface area contributed by atoms with Crippen molar-refractivity contribution in [1.82, 2.24) is 4.90 Å². The zero-order chi connectivity index (χ0) is 15.6. The van der Waals surface area contributed by atoms with Crippen LogP contribution in [0.3, 0.4) is 0 Å². The van der Waals surface area contributed by atoms with Gasteiger partial charge in [0.15, 0.2) is 0 Å². The van der Waals surface area contributed by atoms with E-state index in [9.17, 15) is 13.6 Å². The van der Waals surface area contributed by atoms with E-state index in [1.807, 2.05) is 0 Å². The van der Waals surface area contributed by atoms with Crippen molar-refractivity contribution >= 4 is 11.6 Å². The first-order chi connectivity index (χ1) is 9.91. The average Bonchev–Trinajstić information content (AvgIpc) is 2.48. The highest BCUT2D eigenvalue weighted by Crippen LogP contribution is 2.24. The fourth-order valence-corrected chi connectivity index (χ4v) is 2.08. The van der Waals surface area contributed by atoms with Gasteiger partial charge in [0.25, 0.3) is 5.91 Å². The molecule has 0 spiro atoms. The third kappa shape index (κ3) is 3.02. The van der Waals surface area contributed by atoms with Crippen LogP contribution in [0.25, 0.3) is 0 Å². The van der Waals surface area contributed by atoms with Crippen molar-refractivity contribution in [3.8, 4) is 0 Å². The van der Waals surface area contributed by atoms with Crippen molar-refractivity contribution in [3.63, 3.8) is 0 Å². The predicted octanol–water partition coefficient (Wildman–Crippen LogP) is 3.38. The summed E-state index contributed by atoms with van der Waals surface area (Å²) >= 11 is 0. The molecule has 1 atom stereocenters. The lowest BCUT2D eigenvalue weighted by Gasteiger charge is -2.26. The number of carbonyl (C=O) groups is 1. The van der Waals surface area contributed by atoms with E-state index in [4.69, 9.17) is 5.73 Å². The summed E-state index contributed by atoms with van der Waals surface area (Å²) in [4.78, 5) is 13.8. The molecule has 0 saturated carbocycles. The van der Waals surface area contributed by atoms with Crippen LogP contribution >= 0.6 is 0 Å². The number of benzene rings is 2. The Morgan fingerprint density at radius 2 is 1.81 bits per heavy atom. The third-order valence-corrected chi connectivity index (χ3v) is 3.50. The molecule has 0 aliphatic rings. The van der Waals surface area contributed by atoms with Crippen molar-refractivity contribution in [2.75, 3.05) is 12.8 Å². The van der Waals surface area contributed by atoms with Crippen LogP contribution in [0.5, 0.6) is 0 Å². The van der Waals surface area contributed by atoms with Crippen LogP contribution in [0.1, 0.15) is 28.9 Å². The van der Waals surface area contributed by atoms with E-state index in [2.05, 4.69) is 0 Å². The lowest BCUT2D eigenvalue weighted by Crippen LogP contribution is -2.30. The molecule has 110 valence electrons.